The molecule has 0 aliphatic rings. The van der Waals surface area contributed by atoms with Crippen LogP contribution in [0.2, 0.25) is 5.02 Å². The second-order valence-corrected chi connectivity index (χ2v) is 5.31. The van der Waals surface area contributed by atoms with Gasteiger partial charge in [0.1, 0.15) is 5.82 Å². The molecule has 2 aromatic rings. The first-order valence-corrected chi connectivity index (χ1v) is 6.87. The Bertz CT molecular complexity index is 577. The number of hydrogen-bond acceptors (Lipinski definition) is 3. The lowest BCUT2D eigenvalue weighted by molar-refractivity contribution is 0.0967. The van der Waals surface area contributed by atoms with Crippen molar-refractivity contribution >= 4 is 17.4 Å². The fraction of sp³-hybridized carbons (Fsp3) is 0.333. The molecule has 0 atom stereocenters. The number of imidazole rings is 1. The molecule has 1 aromatic carbocycles. The summed E-state index contributed by atoms with van der Waals surface area (Å²) in [5.74, 6) is 1.12. The third kappa shape index (κ3) is 3.92. The summed E-state index contributed by atoms with van der Waals surface area (Å²) in [4.78, 5) is 18.4. The van der Waals surface area contributed by atoms with E-state index in [1.54, 1.807) is 30.5 Å². The van der Waals surface area contributed by atoms with Crippen molar-refractivity contribution in [2.45, 2.75) is 13.0 Å². The molecule has 0 bridgehead atoms. The van der Waals surface area contributed by atoms with E-state index in [9.17, 15) is 4.79 Å². The fourth-order valence-corrected chi connectivity index (χ4v) is 2.07. The van der Waals surface area contributed by atoms with Gasteiger partial charge < -0.3 is 4.57 Å². The summed E-state index contributed by atoms with van der Waals surface area (Å²) in [6, 6.07) is 7.02. The molecule has 0 unspecified atom stereocenters. The highest BCUT2D eigenvalue weighted by molar-refractivity contribution is 6.30. The summed E-state index contributed by atoms with van der Waals surface area (Å²) in [6.07, 6.45) is 4.19. The van der Waals surface area contributed by atoms with E-state index in [1.807, 2.05) is 24.9 Å². The number of carbonyl (C=O) groups excluding carboxylic acids is 1. The molecule has 5 heteroatoms. The molecule has 0 N–H and O–H groups in total. The van der Waals surface area contributed by atoms with E-state index in [0.29, 0.717) is 23.6 Å². The average Bonchev–Trinajstić information content (AvgIpc) is 2.82. The Kier molecular flexibility index (Phi) is 4.93. The second kappa shape index (κ2) is 6.68. The first-order chi connectivity index (χ1) is 9.56. The Morgan fingerprint density at radius 3 is 2.65 bits per heavy atom. The van der Waals surface area contributed by atoms with Crippen molar-refractivity contribution in [3.63, 3.8) is 0 Å². The van der Waals surface area contributed by atoms with Crippen LogP contribution in [0.5, 0.6) is 0 Å². The molecule has 0 spiro atoms. The first kappa shape index (κ1) is 14.8. The van der Waals surface area contributed by atoms with Gasteiger partial charge >= 0.3 is 0 Å². The number of aryl methyl sites for hydroxylation is 1. The summed E-state index contributed by atoms with van der Waals surface area (Å²) < 4.78 is 1.98. The molecular weight excluding hydrogens is 274 g/mol. The van der Waals surface area contributed by atoms with Crippen LogP contribution in [0.25, 0.3) is 0 Å². The lowest BCUT2D eigenvalue weighted by atomic mass is 10.1. The number of Topliss-reactive ketones (excluding diaryl/α,β-unsaturated/α-hetero) is 1. The van der Waals surface area contributed by atoms with Crippen LogP contribution in [0.3, 0.4) is 0 Å². The van der Waals surface area contributed by atoms with Gasteiger partial charge in [0.2, 0.25) is 0 Å². The topological polar surface area (TPSA) is 38.1 Å². The Hall–Kier alpha value is -1.65. The number of hydrogen-bond donors (Lipinski definition) is 0. The molecule has 0 saturated carbocycles. The average molecular weight is 292 g/mol. The minimum Gasteiger partial charge on any atom is -0.337 e. The highest BCUT2D eigenvalue weighted by atomic mass is 35.5. The van der Waals surface area contributed by atoms with Crippen molar-refractivity contribution in [3.8, 4) is 0 Å². The lowest BCUT2D eigenvalue weighted by Gasteiger charge is -2.15. The summed E-state index contributed by atoms with van der Waals surface area (Å²) in [6.45, 7) is 1.44. The van der Waals surface area contributed by atoms with Crippen LogP contribution in [0.1, 0.15) is 22.6 Å². The number of halogens is 1. The molecular formula is C15H18ClN3O. The zero-order valence-electron chi connectivity index (χ0n) is 11.7. The monoisotopic (exact) mass is 291 g/mol. The quantitative estimate of drug-likeness (QED) is 0.768. The molecule has 106 valence electrons. The number of ketones is 1. The van der Waals surface area contributed by atoms with Gasteiger partial charge in [-0.1, -0.05) is 11.6 Å². The molecule has 0 radical (unpaired) electrons. The highest BCUT2D eigenvalue weighted by Gasteiger charge is 2.09. The molecule has 20 heavy (non-hydrogen) atoms. The predicted molar refractivity (Wildman–Crippen MR) is 79.9 cm³/mol. The van der Waals surface area contributed by atoms with E-state index in [-0.39, 0.29) is 5.78 Å². The van der Waals surface area contributed by atoms with E-state index in [0.717, 1.165) is 12.4 Å². The molecule has 4 nitrogen and oxygen atoms in total. The zero-order valence-corrected chi connectivity index (χ0v) is 12.5. The van der Waals surface area contributed by atoms with Gasteiger partial charge in [-0.15, -0.1) is 0 Å². The van der Waals surface area contributed by atoms with Gasteiger partial charge in [-0.05, 0) is 31.3 Å². The van der Waals surface area contributed by atoms with Crippen molar-refractivity contribution in [2.75, 3.05) is 13.6 Å². The van der Waals surface area contributed by atoms with Gasteiger partial charge in [0.15, 0.2) is 5.78 Å². The molecule has 2 rings (SSSR count). The highest BCUT2D eigenvalue weighted by Crippen LogP contribution is 2.11. The van der Waals surface area contributed by atoms with E-state index in [1.165, 1.54) is 0 Å². The summed E-state index contributed by atoms with van der Waals surface area (Å²) in [7, 11) is 3.96. The molecule has 0 aliphatic heterocycles. The van der Waals surface area contributed by atoms with Gasteiger partial charge in [0.25, 0.3) is 0 Å². The second-order valence-electron chi connectivity index (χ2n) is 4.87. The van der Waals surface area contributed by atoms with Gasteiger partial charge in [-0.3, -0.25) is 9.69 Å². The molecule has 0 amide bonds. The Morgan fingerprint density at radius 2 is 2.05 bits per heavy atom. The molecule has 1 aromatic heterocycles. The van der Waals surface area contributed by atoms with E-state index in [4.69, 9.17) is 11.6 Å². The maximum atomic E-state index is 12.0. The van der Waals surface area contributed by atoms with E-state index in [2.05, 4.69) is 9.88 Å². The third-order valence-corrected chi connectivity index (χ3v) is 3.47. The summed E-state index contributed by atoms with van der Waals surface area (Å²) in [5, 5.41) is 0.647. The number of carbonyl (C=O) groups is 1. The van der Waals surface area contributed by atoms with Gasteiger partial charge in [0.05, 0.1) is 6.54 Å². The van der Waals surface area contributed by atoms with Gasteiger partial charge in [-0.2, -0.15) is 0 Å². The third-order valence-electron chi connectivity index (χ3n) is 3.22. The molecule has 0 fully saturated rings. The van der Waals surface area contributed by atoms with Crippen molar-refractivity contribution in [1.29, 1.82) is 0 Å². The minimum atomic E-state index is 0.133. The van der Waals surface area contributed by atoms with Crippen LogP contribution < -0.4 is 0 Å². The normalized spacial score (nSPS) is 11.0. The zero-order chi connectivity index (χ0) is 14.5. The number of rotatable bonds is 6. The lowest BCUT2D eigenvalue weighted by Crippen LogP contribution is -2.23. The van der Waals surface area contributed by atoms with Crippen molar-refractivity contribution in [1.82, 2.24) is 14.5 Å². The standard InChI is InChI=1S/C15H18ClN3O/c1-18(11-15-17-8-10-19(15)2)9-7-14(20)12-3-5-13(16)6-4-12/h3-6,8,10H,7,9,11H2,1-2H3. The van der Waals surface area contributed by atoms with Crippen molar-refractivity contribution in [3.05, 3.63) is 53.1 Å². The molecule has 0 saturated heterocycles. The SMILES string of the molecule is CN(CCC(=O)c1ccc(Cl)cc1)Cc1nccn1C. The number of nitrogens with zero attached hydrogens (tertiary/aromatic N) is 3. The Balaban J connectivity index is 1.84. The number of aromatic nitrogens is 2. The van der Waals surface area contributed by atoms with Crippen molar-refractivity contribution in [2.24, 2.45) is 7.05 Å². The first-order valence-electron chi connectivity index (χ1n) is 6.50. The van der Waals surface area contributed by atoms with Crippen LogP contribution in [0, 0.1) is 0 Å². The Morgan fingerprint density at radius 1 is 1.35 bits per heavy atom. The van der Waals surface area contributed by atoms with Gasteiger partial charge in [-0.25, -0.2) is 4.98 Å². The number of benzene rings is 1. The fourth-order valence-electron chi connectivity index (χ4n) is 1.94. The maximum absolute atomic E-state index is 12.0. The maximum Gasteiger partial charge on any atom is 0.164 e. The van der Waals surface area contributed by atoms with E-state index < -0.39 is 0 Å². The van der Waals surface area contributed by atoms with Crippen LogP contribution in [-0.4, -0.2) is 33.8 Å². The van der Waals surface area contributed by atoms with Crippen LogP contribution in [0.4, 0.5) is 0 Å². The minimum absolute atomic E-state index is 0.133. The smallest absolute Gasteiger partial charge is 0.164 e. The van der Waals surface area contributed by atoms with Crippen LogP contribution >= 0.6 is 11.6 Å². The van der Waals surface area contributed by atoms with Gasteiger partial charge in [0, 0.05) is 43.0 Å². The van der Waals surface area contributed by atoms with Crippen LogP contribution in [-0.2, 0) is 13.6 Å². The molecule has 0 aliphatic carbocycles. The summed E-state index contributed by atoms with van der Waals surface area (Å²) >= 11 is 5.81. The molecule has 1 heterocycles. The largest absolute Gasteiger partial charge is 0.337 e. The van der Waals surface area contributed by atoms with E-state index >= 15 is 0 Å². The van der Waals surface area contributed by atoms with Crippen molar-refractivity contribution < 1.29 is 4.79 Å². The predicted octanol–water partition coefficient (Wildman–Crippen LogP) is 2.78. The van der Waals surface area contributed by atoms with Crippen LogP contribution in [0.15, 0.2) is 36.7 Å². The Labute approximate surface area is 124 Å². The summed E-state index contributed by atoms with van der Waals surface area (Å²) in [5.41, 5.74) is 0.708.